The minimum atomic E-state index is -1.44. The zero-order chi connectivity index (χ0) is 25.4. The van der Waals surface area contributed by atoms with Gasteiger partial charge in [0.05, 0.1) is 12.6 Å². The van der Waals surface area contributed by atoms with E-state index in [1.165, 1.54) is 19.2 Å². The van der Waals surface area contributed by atoms with Gasteiger partial charge in [0.25, 0.3) is 0 Å². The van der Waals surface area contributed by atoms with E-state index < -0.39 is 55.3 Å². The third-order valence-electron chi connectivity index (χ3n) is 5.62. The van der Waals surface area contributed by atoms with Crippen molar-refractivity contribution in [2.45, 2.75) is 49.7 Å². The van der Waals surface area contributed by atoms with Gasteiger partial charge in [-0.2, -0.15) is 0 Å². The summed E-state index contributed by atoms with van der Waals surface area (Å²) in [6, 6.07) is 12.7. The third kappa shape index (κ3) is 7.13. The quantitative estimate of drug-likeness (QED) is 0.279. The molecule has 190 valence electrons. The minimum Gasteiger partial charge on any atom is -0.508 e. The molecule has 1 saturated heterocycles. The van der Waals surface area contributed by atoms with Crippen LogP contribution in [0.4, 0.5) is 4.79 Å². The van der Waals surface area contributed by atoms with Crippen LogP contribution in [0.3, 0.4) is 0 Å². The number of carbonyl (C=O) groups is 2. The van der Waals surface area contributed by atoms with Crippen LogP contribution in [0.5, 0.6) is 5.75 Å². The van der Waals surface area contributed by atoms with E-state index in [4.69, 9.17) is 14.2 Å². The van der Waals surface area contributed by atoms with Crippen LogP contribution in [-0.2, 0) is 32.0 Å². The topological polar surface area (TPSA) is 167 Å². The molecular formula is C24H30N2O9. The predicted molar refractivity (Wildman–Crippen MR) is 122 cm³/mol. The van der Waals surface area contributed by atoms with E-state index in [-0.39, 0.29) is 18.8 Å². The van der Waals surface area contributed by atoms with Gasteiger partial charge in [-0.3, -0.25) is 4.79 Å². The maximum Gasteiger partial charge on any atom is 0.408 e. The molecule has 3 rings (SSSR count). The van der Waals surface area contributed by atoms with Crippen LogP contribution in [0, 0.1) is 0 Å². The molecule has 0 aliphatic carbocycles. The number of aliphatic hydroxyl groups is 3. The average Bonchev–Trinajstić information content (AvgIpc) is 2.87. The average molecular weight is 491 g/mol. The molecule has 6 atom stereocenters. The Bertz CT molecular complexity index is 941. The van der Waals surface area contributed by atoms with Crippen molar-refractivity contribution in [3.8, 4) is 5.75 Å². The summed E-state index contributed by atoms with van der Waals surface area (Å²) in [6.45, 7) is -0.577. The Morgan fingerprint density at radius 1 is 1.03 bits per heavy atom. The summed E-state index contributed by atoms with van der Waals surface area (Å²) in [4.78, 5) is 25.6. The predicted octanol–water partition coefficient (Wildman–Crippen LogP) is -0.200. The smallest absolute Gasteiger partial charge is 0.408 e. The largest absolute Gasteiger partial charge is 0.508 e. The SMILES string of the molecule is CO[C@H]1O[C@@H](CO)[C@@H](O)[C@@H](NC(=O)[C@@H](Cc2ccc(O)cc2)NC(=O)OCc2ccccc2)[C@@H]1O. The Morgan fingerprint density at radius 2 is 1.71 bits per heavy atom. The molecule has 11 heteroatoms. The highest BCUT2D eigenvalue weighted by molar-refractivity contribution is 5.86. The van der Waals surface area contributed by atoms with Gasteiger partial charge in [0.1, 0.15) is 36.7 Å². The number of aromatic hydroxyl groups is 1. The Hall–Kier alpha value is -3.22. The first kappa shape index (κ1) is 26.4. The van der Waals surface area contributed by atoms with E-state index in [1.807, 2.05) is 6.07 Å². The third-order valence-corrected chi connectivity index (χ3v) is 5.62. The maximum absolute atomic E-state index is 13.2. The van der Waals surface area contributed by atoms with Crippen molar-refractivity contribution in [1.82, 2.24) is 10.6 Å². The number of ether oxygens (including phenoxy) is 3. The lowest BCUT2D eigenvalue weighted by Gasteiger charge is -2.42. The second-order valence-corrected chi connectivity index (χ2v) is 8.11. The summed E-state index contributed by atoms with van der Waals surface area (Å²) < 4.78 is 15.6. The normalized spacial score (nSPS) is 24.9. The summed E-state index contributed by atoms with van der Waals surface area (Å²) in [5, 5.41) is 45.1. The second-order valence-electron chi connectivity index (χ2n) is 8.11. The highest BCUT2D eigenvalue weighted by Gasteiger charge is 2.45. The lowest BCUT2D eigenvalue weighted by Crippen LogP contribution is -2.66. The number of hydrogen-bond donors (Lipinski definition) is 6. The standard InChI is InChI=1S/C24H30N2O9/c1-33-23-21(30)19(20(29)18(12-27)35-23)26-22(31)17(11-14-7-9-16(28)10-8-14)25-24(32)34-13-15-5-3-2-4-6-15/h2-10,17-21,23,27-30H,11-13H2,1H3,(H,25,32)(H,26,31)/t17-,18+,19-,20-,21+,23+/m1/s1. The molecule has 0 saturated carbocycles. The second kappa shape index (κ2) is 12.5. The molecule has 2 amide bonds. The Labute approximate surface area is 202 Å². The fourth-order valence-corrected chi connectivity index (χ4v) is 3.70. The van der Waals surface area contributed by atoms with E-state index in [0.717, 1.165) is 5.56 Å². The molecule has 0 radical (unpaired) electrons. The molecule has 0 unspecified atom stereocenters. The fraction of sp³-hybridized carbons (Fsp3) is 0.417. The Balaban J connectivity index is 1.73. The number of hydrogen-bond acceptors (Lipinski definition) is 9. The number of carbonyl (C=O) groups excluding carboxylic acids is 2. The molecule has 1 heterocycles. The number of phenols is 1. The molecule has 2 aromatic rings. The van der Waals surface area contributed by atoms with E-state index in [9.17, 15) is 30.0 Å². The first-order valence-electron chi connectivity index (χ1n) is 11.0. The van der Waals surface area contributed by atoms with E-state index in [0.29, 0.717) is 5.56 Å². The number of benzene rings is 2. The molecular weight excluding hydrogens is 460 g/mol. The van der Waals surface area contributed by atoms with Gasteiger partial charge in [0.15, 0.2) is 6.29 Å². The molecule has 11 nitrogen and oxygen atoms in total. The maximum atomic E-state index is 13.2. The summed E-state index contributed by atoms with van der Waals surface area (Å²) in [6.07, 6.45) is -6.00. The van der Waals surface area contributed by atoms with Gasteiger partial charge in [-0.25, -0.2) is 4.79 Å². The minimum absolute atomic E-state index is 0.00862. The highest BCUT2D eigenvalue weighted by atomic mass is 16.7. The molecule has 6 N–H and O–H groups in total. The zero-order valence-electron chi connectivity index (χ0n) is 19.1. The van der Waals surface area contributed by atoms with Crippen LogP contribution in [0.15, 0.2) is 54.6 Å². The van der Waals surface area contributed by atoms with Crippen LogP contribution in [0.25, 0.3) is 0 Å². The van der Waals surface area contributed by atoms with E-state index >= 15 is 0 Å². The molecule has 0 aromatic heterocycles. The molecule has 1 aliphatic heterocycles. The number of rotatable bonds is 9. The Kier molecular flexibility index (Phi) is 9.40. The van der Waals surface area contributed by atoms with Crippen molar-refractivity contribution < 1.29 is 44.2 Å². The molecule has 1 aliphatic rings. The van der Waals surface area contributed by atoms with Gasteiger partial charge < -0.3 is 45.3 Å². The van der Waals surface area contributed by atoms with Crippen LogP contribution in [0.1, 0.15) is 11.1 Å². The summed E-state index contributed by atoms with van der Waals surface area (Å²) >= 11 is 0. The van der Waals surface area contributed by atoms with Crippen molar-refractivity contribution in [2.24, 2.45) is 0 Å². The molecule has 2 aromatic carbocycles. The molecule has 0 spiro atoms. The van der Waals surface area contributed by atoms with Gasteiger partial charge in [-0.05, 0) is 23.3 Å². The number of phenolic OH excluding ortho intramolecular Hbond substituents is 1. The van der Waals surface area contributed by atoms with Crippen LogP contribution in [0.2, 0.25) is 0 Å². The Morgan fingerprint density at radius 3 is 2.34 bits per heavy atom. The lowest BCUT2D eigenvalue weighted by molar-refractivity contribution is -0.271. The summed E-state index contributed by atoms with van der Waals surface area (Å²) in [5.74, 6) is -0.676. The number of methoxy groups -OCH3 is 1. The van der Waals surface area contributed by atoms with Gasteiger partial charge in [0, 0.05) is 13.5 Å². The van der Waals surface area contributed by atoms with E-state index in [1.54, 1.807) is 36.4 Å². The molecule has 0 bridgehead atoms. The number of aliphatic hydroxyl groups excluding tert-OH is 3. The van der Waals surface area contributed by atoms with Gasteiger partial charge in [-0.15, -0.1) is 0 Å². The van der Waals surface area contributed by atoms with Gasteiger partial charge in [0.2, 0.25) is 5.91 Å². The van der Waals surface area contributed by atoms with Gasteiger partial charge >= 0.3 is 6.09 Å². The lowest BCUT2D eigenvalue weighted by atomic mass is 9.95. The summed E-state index contributed by atoms with van der Waals surface area (Å²) in [7, 11) is 1.27. The number of nitrogens with one attached hydrogen (secondary N) is 2. The fourth-order valence-electron chi connectivity index (χ4n) is 3.70. The van der Waals surface area contributed by atoms with E-state index in [2.05, 4.69) is 10.6 Å². The number of amides is 2. The van der Waals surface area contributed by atoms with Crippen molar-refractivity contribution in [1.29, 1.82) is 0 Å². The first-order chi connectivity index (χ1) is 16.8. The monoisotopic (exact) mass is 490 g/mol. The molecule has 1 fully saturated rings. The van der Waals surface area contributed by atoms with Crippen molar-refractivity contribution in [3.63, 3.8) is 0 Å². The zero-order valence-corrected chi connectivity index (χ0v) is 19.1. The van der Waals surface area contributed by atoms with Crippen molar-refractivity contribution in [3.05, 3.63) is 65.7 Å². The molecule has 35 heavy (non-hydrogen) atoms. The van der Waals surface area contributed by atoms with Crippen molar-refractivity contribution in [2.75, 3.05) is 13.7 Å². The van der Waals surface area contributed by atoms with Crippen molar-refractivity contribution >= 4 is 12.0 Å². The number of alkyl carbamates (subject to hydrolysis) is 1. The van der Waals surface area contributed by atoms with Crippen LogP contribution < -0.4 is 10.6 Å². The van der Waals surface area contributed by atoms with Gasteiger partial charge in [-0.1, -0.05) is 42.5 Å². The van der Waals surface area contributed by atoms with Crippen LogP contribution in [-0.4, -0.2) is 82.8 Å². The van der Waals surface area contributed by atoms with Crippen LogP contribution >= 0.6 is 0 Å². The highest BCUT2D eigenvalue weighted by Crippen LogP contribution is 2.22. The first-order valence-corrected chi connectivity index (χ1v) is 11.0. The summed E-state index contributed by atoms with van der Waals surface area (Å²) in [5.41, 5.74) is 1.39.